The Morgan fingerprint density at radius 2 is 2.20 bits per heavy atom. The number of fused-ring (bicyclic) bond motifs is 1. The Balaban J connectivity index is 1.99. The van der Waals surface area contributed by atoms with Gasteiger partial charge in [-0.3, -0.25) is 4.68 Å². The fraction of sp³-hybridized carbons (Fsp3) is 0.353. The van der Waals surface area contributed by atoms with E-state index in [9.17, 15) is 9.90 Å². The molecule has 1 aliphatic carbocycles. The van der Waals surface area contributed by atoms with Gasteiger partial charge in [0.25, 0.3) is 0 Å². The number of pyridine rings is 1. The summed E-state index contributed by atoms with van der Waals surface area (Å²) < 4.78 is 8.40. The van der Waals surface area contributed by atoms with Crippen molar-refractivity contribution in [3.05, 3.63) is 27.0 Å². The number of aromatic nitrogens is 3. The van der Waals surface area contributed by atoms with E-state index in [2.05, 4.69) is 25.6 Å². The number of ether oxygens (including phenoxy) is 1. The lowest BCUT2D eigenvalue weighted by atomic mass is 10.1. The van der Waals surface area contributed by atoms with Crippen molar-refractivity contribution in [3.8, 4) is 17.1 Å². The Hall–Kier alpha value is -1.93. The third-order valence-corrected chi connectivity index (χ3v) is 6.09. The van der Waals surface area contributed by atoms with Crippen LogP contribution in [0.25, 0.3) is 22.2 Å². The van der Waals surface area contributed by atoms with Crippen molar-refractivity contribution in [3.63, 3.8) is 0 Å². The van der Waals surface area contributed by atoms with Crippen LogP contribution >= 0.6 is 27.3 Å². The number of carbonyl (C=O) groups is 1. The predicted molar refractivity (Wildman–Crippen MR) is 99.6 cm³/mol. The van der Waals surface area contributed by atoms with Gasteiger partial charge in [0.05, 0.1) is 28.5 Å². The highest BCUT2D eigenvalue weighted by Gasteiger charge is 2.26. The first kappa shape index (κ1) is 16.5. The van der Waals surface area contributed by atoms with Crippen LogP contribution in [0, 0.1) is 0 Å². The van der Waals surface area contributed by atoms with Gasteiger partial charge in [0, 0.05) is 17.1 Å². The molecule has 0 saturated heterocycles. The van der Waals surface area contributed by atoms with E-state index in [1.165, 1.54) is 24.2 Å². The Labute approximate surface area is 156 Å². The normalized spacial score (nSPS) is 15.1. The Morgan fingerprint density at radius 1 is 1.44 bits per heavy atom. The first-order chi connectivity index (χ1) is 12.1. The fourth-order valence-corrected chi connectivity index (χ4v) is 4.66. The van der Waals surface area contributed by atoms with E-state index in [0.29, 0.717) is 16.8 Å². The minimum atomic E-state index is -0.929. The summed E-state index contributed by atoms with van der Waals surface area (Å²) in [4.78, 5) is 15.9. The molecule has 0 unspecified atom stereocenters. The van der Waals surface area contributed by atoms with E-state index in [-0.39, 0.29) is 0 Å². The molecule has 1 aliphatic rings. The molecule has 4 rings (SSSR count). The topological polar surface area (TPSA) is 77.2 Å². The van der Waals surface area contributed by atoms with Crippen LogP contribution in [0.15, 0.2) is 22.1 Å². The number of hydrogen-bond donors (Lipinski definition) is 1. The number of carboxylic acids is 1. The van der Waals surface area contributed by atoms with Crippen molar-refractivity contribution in [1.29, 1.82) is 0 Å². The van der Waals surface area contributed by atoms with Crippen LogP contribution in [0.1, 0.15) is 41.4 Å². The molecule has 0 bridgehead atoms. The zero-order valence-electron chi connectivity index (χ0n) is 13.5. The number of nitrogens with zero attached hydrogens (tertiary/aromatic N) is 3. The average Bonchev–Trinajstić information content (AvgIpc) is 3.33. The average molecular weight is 422 g/mol. The minimum Gasteiger partial charge on any atom is -0.480 e. The smallest absolute Gasteiger partial charge is 0.345 e. The lowest BCUT2D eigenvalue weighted by Crippen LogP contribution is -2.06. The number of hydrogen-bond acceptors (Lipinski definition) is 5. The number of rotatable bonds is 4. The number of methoxy groups -OCH3 is 1. The predicted octanol–water partition coefficient (Wildman–Crippen LogP) is 4.74. The van der Waals surface area contributed by atoms with E-state index >= 15 is 0 Å². The van der Waals surface area contributed by atoms with Gasteiger partial charge in [-0.15, -0.1) is 11.3 Å². The number of thiophene rings is 1. The van der Waals surface area contributed by atoms with Crippen molar-refractivity contribution in [2.24, 2.45) is 0 Å². The summed E-state index contributed by atoms with van der Waals surface area (Å²) in [6.07, 6.45) is 6.31. The zero-order chi connectivity index (χ0) is 17.6. The van der Waals surface area contributed by atoms with Crippen LogP contribution in [-0.2, 0) is 0 Å². The van der Waals surface area contributed by atoms with Crippen molar-refractivity contribution in [1.82, 2.24) is 14.8 Å². The van der Waals surface area contributed by atoms with E-state index in [1.54, 1.807) is 19.4 Å². The number of halogens is 1. The SMILES string of the molecule is COc1ncc(Br)c2c1c(-c1csc(C(=O)O)c1)nn2C1CCCC1. The van der Waals surface area contributed by atoms with Gasteiger partial charge in [0.15, 0.2) is 0 Å². The van der Waals surface area contributed by atoms with Gasteiger partial charge in [-0.25, -0.2) is 9.78 Å². The molecule has 1 saturated carbocycles. The molecule has 0 spiro atoms. The van der Waals surface area contributed by atoms with Gasteiger partial charge < -0.3 is 9.84 Å². The van der Waals surface area contributed by atoms with Crippen LogP contribution in [0.2, 0.25) is 0 Å². The summed E-state index contributed by atoms with van der Waals surface area (Å²) in [5, 5.41) is 16.7. The second kappa shape index (κ2) is 6.42. The third-order valence-electron chi connectivity index (χ3n) is 4.59. The van der Waals surface area contributed by atoms with Crippen LogP contribution < -0.4 is 4.74 Å². The second-order valence-corrected chi connectivity index (χ2v) is 7.84. The number of carboxylic acid groups (broad SMARTS) is 1. The van der Waals surface area contributed by atoms with Crippen molar-refractivity contribution in [2.75, 3.05) is 7.11 Å². The highest BCUT2D eigenvalue weighted by Crippen LogP contribution is 2.42. The summed E-state index contributed by atoms with van der Waals surface area (Å²) in [5.41, 5.74) is 2.45. The molecule has 0 aromatic carbocycles. The Bertz CT molecular complexity index is 960. The maximum atomic E-state index is 11.2. The number of aromatic carboxylic acids is 1. The van der Waals surface area contributed by atoms with Gasteiger partial charge in [-0.1, -0.05) is 12.8 Å². The first-order valence-corrected chi connectivity index (χ1v) is 9.70. The highest BCUT2D eigenvalue weighted by molar-refractivity contribution is 9.10. The zero-order valence-corrected chi connectivity index (χ0v) is 15.9. The molecule has 6 nitrogen and oxygen atoms in total. The summed E-state index contributed by atoms with van der Waals surface area (Å²) >= 11 is 4.80. The molecule has 25 heavy (non-hydrogen) atoms. The van der Waals surface area contributed by atoms with E-state index in [4.69, 9.17) is 9.84 Å². The molecule has 0 radical (unpaired) electrons. The lowest BCUT2D eigenvalue weighted by molar-refractivity contribution is 0.0702. The molecular weight excluding hydrogens is 406 g/mol. The van der Waals surface area contributed by atoms with E-state index in [1.807, 2.05) is 5.38 Å². The maximum Gasteiger partial charge on any atom is 0.345 e. The Kier molecular flexibility index (Phi) is 4.24. The molecule has 1 N–H and O–H groups in total. The van der Waals surface area contributed by atoms with E-state index < -0.39 is 5.97 Å². The van der Waals surface area contributed by atoms with Gasteiger partial charge in [0.1, 0.15) is 10.6 Å². The fourth-order valence-electron chi connectivity index (χ4n) is 3.45. The minimum absolute atomic E-state index is 0.292. The molecule has 0 amide bonds. The van der Waals surface area contributed by atoms with Crippen molar-refractivity contribution < 1.29 is 14.6 Å². The van der Waals surface area contributed by atoms with Gasteiger partial charge in [-0.2, -0.15) is 5.10 Å². The standard InChI is InChI=1S/C17H16BrN3O3S/c1-24-16-13-14(9-6-12(17(22)23)25-8-9)20-21(10-4-2-3-5-10)15(13)11(18)7-19-16/h6-8,10H,2-5H2,1H3,(H,22,23). The summed E-state index contributed by atoms with van der Waals surface area (Å²) in [7, 11) is 1.59. The van der Waals surface area contributed by atoms with Crippen LogP contribution in [-0.4, -0.2) is 33.0 Å². The molecule has 3 heterocycles. The van der Waals surface area contributed by atoms with Gasteiger partial charge in [-0.05, 0) is 34.8 Å². The monoisotopic (exact) mass is 421 g/mol. The molecule has 0 aliphatic heterocycles. The Morgan fingerprint density at radius 3 is 2.84 bits per heavy atom. The second-order valence-electron chi connectivity index (χ2n) is 6.08. The molecule has 130 valence electrons. The van der Waals surface area contributed by atoms with Crippen molar-refractivity contribution >= 4 is 44.1 Å². The van der Waals surface area contributed by atoms with Crippen LogP contribution in [0.5, 0.6) is 5.88 Å². The molecule has 8 heteroatoms. The van der Waals surface area contributed by atoms with E-state index in [0.717, 1.165) is 39.5 Å². The molecule has 0 atom stereocenters. The third kappa shape index (κ3) is 2.73. The highest BCUT2D eigenvalue weighted by atomic mass is 79.9. The summed E-state index contributed by atoms with van der Waals surface area (Å²) in [6.45, 7) is 0. The van der Waals surface area contributed by atoms with Gasteiger partial charge >= 0.3 is 5.97 Å². The summed E-state index contributed by atoms with van der Waals surface area (Å²) in [5.74, 6) is -0.428. The largest absolute Gasteiger partial charge is 0.480 e. The molecular formula is C17H16BrN3O3S. The maximum absolute atomic E-state index is 11.2. The lowest BCUT2D eigenvalue weighted by Gasteiger charge is -2.12. The van der Waals surface area contributed by atoms with Gasteiger partial charge in [0.2, 0.25) is 5.88 Å². The molecule has 1 fully saturated rings. The van der Waals surface area contributed by atoms with Crippen LogP contribution in [0.3, 0.4) is 0 Å². The summed E-state index contributed by atoms with van der Waals surface area (Å²) in [6, 6.07) is 2.01. The first-order valence-electron chi connectivity index (χ1n) is 8.03. The molecule has 3 aromatic heterocycles. The molecule has 3 aromatic rings. The van der Waals surface area contributed by atoms with Crippen molar-refractivity contribution in [2.45, 2.75) is 31.7 Å². The quantitative estimate of drug-likeness (QED) is 0.657. The van der Waals surface area contributed by atoms with Crippen LogP contribution in [0.4, 0.5) is 0 Å².